The molecule has 0 aliphatic rings. The molecule has 6 heteroatoms. The maximum atomic E-state index is 4.49. The maximum absolute atomic E-state index is 4.49. The number of nitrogens with zero attached hydrogens (tertiary/aromatic N) is 3. The molecule has 2 rings (SSSR count). The van der Waals surface area contributed by atoms with Crippen LogP contribution in [0.5, 0.6) is 0 Å². The van der Waals surface area contributed by atoms with Crippen molar-refractivity contribution in [1.82, 2.24) is 15.2 Å². The summed E-state index contributed by atoms with van der Waals surface area (Å²) in [7, 11) is 0. The smallest absolute Gasteiger partial charge is 0.206 e. The van der Waals surface area contributed by atoms with E-state index < -0.39 is 0 Å². The number of aryl methyl sites for hydroxylation is 2. The fraction of sp³-hybridized carbons (Fsp3) is 0.583. The molecule has 0 bridgehead atoms. The van der Waals surface area contributed by atoms with Crippen LogP contribution in [0, 0.1) is 13.8 Å². The highest BCUT2D eigenvalue weighted by atomic mass is 32.1. The van der Waals surface area contributed by atoms with Gasteiger partial charge in [-0.05, 0) is 13.8 Å². The van der Waals surface area contributed by atoms with E-state index in [0.717, 1.165) is 27.4 Å². The average molecular weight is 282 g/mol. The Hall–Kier alpha value is -1.01. The molecular weight excluding hydrogens is 264 g/mol. The van der Waals surface area contributed by atoms with Gasteiger partial charge in [0.05, 0.1) is 17.2 Å². The van der Waals surface area contributed by atoms with Crippen molar-refractivity contribution in [3.8, 4) is 0 Å². The Morgan fingerprint density at radius 3 is 2.33 bits per heavy atom. The lowest BCUT2D eigenvalue weighted by molar-refractivity contribution is 0.578. The summed E-state index contributed by atoms with van der Waals surface area (Å²) in [6, 6.07) is 0. The summed E-state index contributed by atoms with van der Waals surface area (Å²) in [6.45, 7) is 11.3. The molecule has 0 saturated heterocycles. The highest BCUT2D eigenvalue weighted by Crippen LogP contribution is 2.28. The third-order valence-corrected chi connectivity index (χ3v) is 4.71. The monoisotopic (exact) mass is 282 g/mol. The minimum Gasteiger partial charge on any atom is -0.354 e. The van der Waals surface area contributed by atoms with Gasteiger partial charge in [-0.2, -0.15) is 0 Å². The van der Waals surface area contributed by atoms with Crippen LogP contribution in [0.15, 0.2) is 0 Å². The number of anilines is 1. The Balaban J connectivity index is 2.03. The SMILES string of the molecule is Cc1nc(CNc2nnc(C(C)(C)C)s2)c(C)s1. The first kappa shape index (κ1) is 13.4. The highest BCUT2D eigenvalue weighted by molar-refractivity contribution is 7.15. The molecule has 0 fully saturated rings. The van der Waals surface area contributed by atoms with Gasteiger partial charge < -0.3 is 5.32 Å². The van der Waals surface area contributed by atoms with Crippen LogP contribution in [0.1, 0.15) is 41.4 Å². The largest absolute Gasteiger partial charge is 0.354 e. The van der Waals surface area contributed by atoms with E-state index >= 15 is 0 Å². The Morgan fingerprint density at radius 1 is 1.11 bits per heavy atom. The van der Waals surface area contributed by atoms with Crippen molar-refractivity contribution in [3.63, 3.8) is 0 Å². The van der Waals surface area contributed by atoms with Crippen LogP contribution >= 0.6 is 22.7 Å². The predicted octanol–water partition coefficient (Wildman–Crippen LogP) is 3.52. The first-order valence-corrected chi connectivity index (χ1v) is 7.50. The zero-order valence-electron chi connectivity index (χ0n) is 11.4. The van der Waals surface area contributed by atoms with Gasteiger partial charge in [0.1, 0.15) is 5.01 Å². The molecule has 2 aromatic rings. The van der Waals surface area contributed by atoms with Gasteiger partial charge in [0.25, 0.3) is 0 Å². The van der Waals surface area contributed by atoms with Gasteiger partial charge in [-0.15, -0.1) is 21.5 Å². The molecular formula is C12H18N4S2. The number of nitrogens with one attached hydrogen (secondary N) is 1. The van der Waals surface area contributed by atoms with Gasteiger partial charge in [0.2, 0.25) is 5.13 Å². The quantitative estimate of drug-likeness (QED) is 0.935. The van der Waals surface area contributed by atoms with E-state index in [1.54, 1.807) is 22.7 Å². The lowest BCUT2D eigenvalue weighted by atomic mass is 9.98. The van der Waals surface area contributed by atoms with E-state index in [-0.39, 0.29) is 5.41 Å². The number of hydrogen-bond acceptors (Lipinski definition) is 6. The standard InChI is InChI=1S/C12H18N4S2/c1-7-9(14-8(2)17-7)6-13-11-16-15-10(18-11)12(3,4)5/h6H2,1-5H3,(H,13,16). The Kier molecular flexibility index (Phi) is 3.68. The molecule has 0 aliphatic heterocycles. The normalized spacial score (nSPS) is 11.8. The average Bonchev–Trinajstić information content (AvgIpc) is 2.81. The summed E-state index contributed by atoms with van der Waals surface area (Å²) in [5, 5.41) is 14.7. The third-order valence-electron chi connectivity index (χ3n) is 2.47. The fourth-order valence-electron chi connectivity index (χ4n) is 1.49. The summed E-state index contributed by atoms with van der Waals surface area (Å²) in [5.41, 5.74) is 1.16. The Morgan fingerprint density at radius 2 is 1.83 bits per heavy atom. The summed E-state index contributed by atoms with van der Waals surface area (Å²) < 4.78 is 0. The summed E-state index contributed by atoms with van der Waals surface area (Å²) >= 11 is 3.34. The van der Waals surface area contributed by atoms with Crippen LogP contribution in [0.4, 0.5) is 5.13 Å². The number of rotatable bonds is 3. The first-order chi connectivity index (χ1) is 8.36. The molecule has 0 saturated carbocycles. The Labute approximate surface area is 116 Å². The third kappa shape index (κ3) is 3.05. The predicted molar refractivity (Wildman–Crippen MR) is 77.5 cm³/mol. The van der Waals surface area contributed by atoms with E-state index in [2.05, 4.69) is 48.2 Å². The van der Waals surface area contributed by atoms with Crippen molar-refractivity contribution < 1.29 is 0 Å². The van der Waals surface area contributed by atoms with Crippen molar-refractivity contribution in [3.05, 3.63) is 20.6 Å². The van der Waals surface area contributed by atoms with Gasteiger partial charge in [-0.1, -0.05) is 32.1 Å². The van der Waals surface area contributed by atoms with Gasteiger partial charge in [0.15, 0.2) is 0 Å². The van der Waals surface area contributed by atoms with Gasteiger partial charge in [0, 0.05) is 10.3 Å². The first-order valence-electron chi connectivity index (χ1n) is 5.87. The Bertz CT molecular complexity index is 537. The van der Waals surface area contributed by atoms with Gasteiger partial charge in [-0.3, -0.25) is 0 Å². The number of hydrogen-bond donors (Lipinski definition) is 1. The molecule has 18 heavy (non-hydrogen) atoms. The van der Waals surface area contributed by atoms with E-state index in [4.69, 9.17) is 0 Å². The van der Waals surface area contributed by atoms with E-state index in [1.165, 1.54) is 4.88 Å². The topological polar surface area (TPSA) is 50.7 Å². The molecule has 2 heterocycles. The van der Waals surface area contributed by atoms with Gasteiger partial charge >= 0.3 is 0 Å². The van der Waals surface area contributed by atoms with Crippen LogP contribution in [0.3, 0.4) is 0 Å². The minimum absolute atomic E-state index is 0.0603. The molecule has 0 unspecified atom stereocenters. The summed E-state index contributed by atoms with van der Waals surface area (Å²) in [5.74, 6) is 0. The van der Waals surface area contributed by atoms with Gasteiger partial charge in [-0.25, -0.2) is 4.98 Å². The van der Waals surface area contributed by atoms with E-state index in [0.29, 0.717) is 0 Å². The zero-order valence-corrected chi connectivity index (χ0v) is 13.0. The van der Waals surface area contributed by atoms with Crippen LogP contribution < -0.4 is 5.32 Å². The lowest BCUT2D eigenvalue weighted by Crippen LogP contribution is -2.10. The molecule has 0 radical (unpaired) electrons. The molecule has 1 N–H and O–H groups in total. The van der Waals surface area contributed by atoms with E-state index in [9.17, 15) is 0 Å². The second kappa shape index (κ2) is 4.93. The molecule has 0 amide bonds. The van der Waals surface area contributed by atoms with Crippen molar-refractivity contribution >= 4 is 27.8 Å². The van der Waals surface area contributed by atoms with Crippen molar-refractivity contribution in [1.29, 1.82) is 0 Å². The summed E-state index contributed by atoms with van der Waals surface area (Å²) in [4.78, 5) is 5.76. The lowest BCUT2D eigenvalue weighted by Gasteiger charge is -2.12. The fourth-order valence-corrected chi connectivity index (χ4v) is 3.12. The highest BCUT2D eigenvalue weighted by Gasteiger charge is 2.19. The number of thiazole rings is 1. The van der Waals surface area contributed by atoms with Crippen LogP contribution in [0.2, 0.25) is 0 Å². The molecule has 2 aromatic heterocycles. The second-order valence-electron chi connectivity index (χ2n) is 5.25. The molecule has 0 aliphatic carbocycles. The van der Waals surface area contributed by atoms with E-state index in [1.807, 2.05) is 6.92 Å². The molecule has 0 spiro atoms. The van der Waals surface area contributed by atoms with Crippen LogP contribution in [-0.2, 0) is 12.0 Å². The zero-order chi connectivity index (χ0) is 13.3. The molecule has 98 valence electrons. The van der Waals surface area contributed by atoms with Crippen molar-refractivity contribution in [2.45, 2.75) is 46.6 Å². The summed E-state index contributed by atoms with van der Waals surface area (Å²) in [6.07, 6.45) is 0. The van der Waals surface area contributed by atoms with Crippen LogP contribution in [-0.4, -0.2) is 15.2 Å². The molecule has 0 aromatic carbocycles. The second-order valence-corrected chi connectivity index (χ2v) is 7.64. The van der Waals surface area contributed by atoms with Crippen molar-refractivity contribution in [2.24, 2.45) is 0 Å². The maximum Gasteiger partial charge on any atom is 0.206 e. The molecule has 4 nitrogen and oxygen atoms in total. The minimum atomic E-state index is 0.0603. The molecule has 0 atom stereocenters. The van der Waals surface area contributed by atoms with Crippen LogP contribution in [0.25, 0.3) is 0 Å². The van der Waals surface area contributed by atoms with Crippen molar-refractivity contribution in [2.75, 3.05) is 5.32 Å². The number of aromatic nitrogens is 3.